The minimum absolute atomic E-state index is 0.0915. The van der Waals surface area contributed by atoms with Crippen LogP contribution in [0.3, 0.4) is 0 Å². The molecule has 1 heterocycles. The number of nitro benzene ring substituents is 1. The first-order valence-corrected chi connectivity index (χ1v) is 10.4. The van der Waals surface area contributed by atoms with Gasteiger partial charge in [-0.05, 0) is 30.3 Å². The standard InChI is InChI=1S/C18H14ClN3O5S2/c1-27-17(24)9-21-14-8-12(22(25)26)4-7-15(14)29-18(21)20-16(23)10-28-13-5-2-11(19)3-6-13/h2-8H,9-10H2,1H3. The molecule has 0 radical (unpaired) electrons. The number of fused-ring (bicyclic) bond motifs is 1. The van der Waals surface area contributed by atoms with Crippen molar-refractivity contribution in [2.75, 3.05) is 12.9 Å². The number of nitrogens with zero attached hydrogens (tertiary/aromatic N) is 3. The summed E-state index contributed by atoms with van der Waals surface area (Å²) in [5.41, 5.74) is 0.316. The molecule has 0 aliphatic heterocycles. The molecule has 1 aromatic heterocycles. The van der Waals surface area contributed by atoms with Crippen LogP contribution in [-0.2, 0) is 20.9 Å². The van der Waals surface area contributed by atoms with E-state index in [1.54, 1.807) is 30.3 Å². The van der Waals surface area contributed by atoms with E-state index in [1.165, 1.54) is 46.9 Å². The largest absolute Gasteiger partial charge is 0.468 e. The maximum atomic E-state index is 12.4. The number of carbonyl (C=O) groups is 2. The van der Waals surface area contributed by atoms with Crippen LogP contribution in [-0.4, -0.2) is 34.2 Å². The highest BCUT2D eigenvalue weighted by molar-refractivity contribution is 8.00. The summed E-state index contributed by atoms with van der Waals surface area (Å²) in [5.74, 6) is -0.862. The van der Waals surface area contributed by atoms with Gasteiger partial charge in [0.2, 0.25) is 0 Å². The molecule has 0 aliphatic carbocycles. The Morgan fingerprint density at radius 1 is 1.28 bits per heavy atom. The summed E-state index contributed by atoms with van der Waals surface area (Å²) >= 11 is 8.32. The highest BCUT2D eigenvalue weighted by atomic mass is 35.5. The molecule has 3 rings (SSSR count). The lowest BCUT2D eigenvalue weighted by molar-refractivity contribution is -0.384. The van der Waals surface area contributed by atoms with Gasteiger partial charge >= 0.3 is 5.97 Å². The van der Waals surface area contributed by atoms with Crippen LogP contribution < -0.4 is 4.80 Å². The second-order valence-corrected chi connectivity index (χ2v) is 8.20. The lowest BCUT2D eigenvalue weighted by Crippen LogP contribution is -2.22. The third kappa shape index (κ3) is 5.22. The minimum Gasteiger partial charge on any atom is -0.468 e. The summed E-state index contributed by atoms with van der Waals surface area (Å²) in [5, 5.41) is 11.7. The fourth-order valence-electron chi connectivity index (χ4n) is 2.42. The lowest BCUT2D eigenvalue weighted by atomic mass is 10.3. The van der Waals surface area contributed by atoms with Gasteiger partial charge in [0.25, 0.3) is 11.6 Å². The van der Waals surface area contributed by atoms with Gasteiger partial charge in [-0.3, -0.25) is 19.7 Å². The van der Waals surface area contributed by atoms with Crippen molar-refractivity contribution in [2.24, 2.45) is 4.99 Å². The SMILES string of the molecule is COC(=O)Cn1c(=NC(=O)CSc2ccc(Cl)cc2)sc2ccc([N+](=O)[O-])cc21. The fraction of sp³-hybridized carbons (Fsp3) is 0.167. The molecule has 0 fully saturated rings. The molecule has 0 aliphatic rings. The molecule has 0 unspecified atom stereocenters. The third-order valence-electron chi connectivity index (χ3n) is 3.79. The van der Waals surface area contributed by atoms with E-state index in [0.717, 1.165) is 4.90 Å². The van der Waals surface area contributed by atoms with Crippen molar-refractivity contribution in [3.63, 3.8) is 0 Å². The number of thioether (sulfide) groups is 1. The maximum absolute atomic E-state index is 12.4. The number of rotatable bonds is 6. The molecule has 0 N–H and O–H groups in total. The first-order chi connectivity index (χ1) is 13.9. The first-order valence-electron chi connectivity index (χ1n) is 8.18. The molecular weight excluding hydrogens is 438 g/mol. The number of ether oxygens (including phenoxy) is 1. The Morgan fingerprint density at radius 2 is 2.00 bits per heavy atom. The van der Waals surface area contributed by atoms with Crippen molar-refractivity contribution in [3.05, 3.63) is 62.4 Å². The van der Waals surface area contributed by atoms with E-state index >= 15 is 0 Å². The van der Waals surface area contributed by atoms with Crippen LogP contribution in [0, 0.1) is 10.1 Å². The molecular formula is C18H14ClN3O5S2. The summed E-state index contributed by atoms with van der Waals surface area (Å²) in [6.45, 7) is -0.214. The Hall–Kier alpha value is -2.69. The molecule has 29 heavy (non-hydrogen) atoms. The second kappa shape index (κ2) is 9.21. The Kier molecular flexibility index (Phi) is 6.68. The maximum Gasteiger partial charge on any atom is 0.325 e. The Morgan fingerprint density at radius 3 is 2.66 bits per heavy atom. The normalized spacial score (nSPS) is 11.6. The second-order valence-electron chi connectivity index (χ2n) is 5.70. The van der Waals surface area contributed by atoms with Crippen molar-refractivity contribution in [3.8, 4) is 0 Å². The summed E-state index contributed by atoms with van der Waals surface area (Å²) in [4.78, 5) is 40.0. The highest BCUT2D eigenvalue weighted by Gasteiger charge is 2.15. The van der Waals surface area contributed by atoms with Crippen molar-refractivity contribution in [1.29, 1.82) is 0 Å². The number of hydrogen-bond donors (Lipinski definition) is 0. The van der Waals surface area contributed by atoms with E-state index in [2.05, 4.69) is 4.99 Å². The number of methoxy groups -OCH3 is 1. The van der Waals surface area contributed by atoms with E-state index in [-0.39, 0.29) is 22.8 Å². The van der Waals surface area contributed by atoms with Gasteiger partial charge in [-0.1, -0.05) is 22.9 Å². The van der Waals surface area contributed by atoms with E-state index in [0.29, 0.717) is 15.2 Å². The number of thiazole rings is 1. The molecule has 2 aromatic carbocycles. The number of nitro groups is 1. The summed E-state index contributed by atoms with van der Waals surface area (Å²) in [6, 6.07) is 11.3. The predicted octanol–water partition coefficient (Wildman–Crippen LogP) is 3.66. The fourth-order valence-corrected chi connectivity index (χ4v) is 4.25. The van der Waals surface area contributed by atoms with Crippen LogP contribution in [0.15, 0.2) is 52.4 Å². The molecule has 0 spiro atoms. The van der Waals surface area contributed by atoms with Crippen LogP contribution in [0.4, 0.5) is 5.69 Å². The van der Waals surface area contributed by atoms with Gasteiger partial charge in [0.1, 0.15) is 6.54 Å². The van der Waals surface area contributed by atoms with Crippen LogP contribution in [0.1, 0.15) is 0 Å². The lowest BCUT2D eigenvalue weighted by Gasteiger charge is -2.03. The van der Waals surface area contributed by atoms with Crippen LogP contribution in [0.2, 0.25) is 5.02 Å². The molecule has 0 atom stereocenters. The summed E-state index contributed by atoms with van der Waals surface area (Å²) in [6.07, 6.45) is 0. The predicted molar refractivity (Wildman–Crippen MR) is 111 cm³/mol. The molecule has 1 amide bonds. The molecule has 0 saturated heterocycles. The Bertz CT molecular complexity index is 1150. The smallest absolute Gasteiger partial charge is 0.325 e. The third-order valence-corrected chi connectivity index (χ3v) is 6.10. The van der Waals surface area contributed by atoms with Gasteiger partial charge in [-0.15, -0.1) is 11.8 Å². The quantitative estimate of drug-likeness (QED) is 0.245. The van der Waals surface area contributed by atoms with Crippen molar-refractivity contribution in [1.82, 2.24) is 4.57 Å². The van der Waals surface area contributed by atoms with Crippen molar-refractivity contribution in [2.45, 2.75) is 11.4 Å². The van der Waals surface area contributed by atoms with Crippen LogP contribution >= 0.6 is 34.7 Å². The van der Waals surface area contributed by atoms with Crippen LogP contribution in [0.25, 0.3) is 10.2 Å². The molecule has 11 heteroatoms. The van der Waals surface area contributed by atoms with Gasteiger partial charge < -0.3 is 9.30 Å². The zero-order valence-electron chi connectivity index (χ0n) is 15.0. The number of esters is 1. The van der Waals surface area contributed by atoms with E-state index in [4.69, 9.17) is 16.3 Å². The van der Waals surface area contributed by atoms with E-state index < -0.39 is 16.8 Å². The number of halogens is 1. The van der Waals surface area contributed by atoms with Gasteiger partial charge in [0.05, 0.1) is 28.0 Å². The number of hydrogen-bond acceptors (Lipinski definition) is 7. The average Bonchev–Trinajstić information content (AvgIpc) is 3.03. The first kappa shape index (κ1) is 21.0. The highest BCUT2D eigenvalue weighted by Crippen LogP contribution is 2.24. The molecule has 150 valence electrons. The van der Waals surface area contributed by atoms with Crippen molar-refractivity contribution >= 4 is 62.5 Å². The Labute approximate surface area is 177 Å². The van der Waals surface area contributed by atoms with Gasteiger partial charge in [-0.25, -0.2) is 0 Å². The molecule has 0 saturated carbocycles. The topological polar surface area (TPSA) is 104 Å². The minimum atomic E-state index is -0.555. The number of aromatic nitrogens is 1. The van der Waals surface area contributed by atoms with E-state index in [9.17, 15) is 19.7 Å². The summed E-state index contributed by atoms with van der Waals surface area (Å²) < 4.78 is 6.81. The molecule has 0 bridgehead atoms. The van der Waals surface area contributed by atoms with Gasteiger partial charge in [-0.2, -0.15) is 4.99 Å². The molecule has 8 nitrogen and oxygen atoms in total. The van der Waals surface area contributed by atoms with Gasteiger partial charge in [0.15, 0.2) is 4.80 Å². The monoisotopic (exact) mass is 451 g/mol. The average molecular weight is 452 g/mol. The molecule has 3 aromatic rings. The van der Waals surface area contributed by atoms with Crippen LogP contribution in [0.5, 0.6) is 0 Å². The van der Waals surface area contributed by atoms with Gasteiger partial charge in [0, 0.05) is 22.1 Å². The number of benzene rings is 2. The number of non-ortho nitro benzene ring substituents is 1. The zero-order valence-corrected chi connectivity index (χ0v) is 17.4. The zero-order chi connectivity index (χ0) is 21.0. The summed E-state index contributed by atoms with van der Waals surface area (Å²) in [7, 11) is 1.24. The van der Waals surface area contributed by atoms with E-state index in [1.807, 2.05) is 0 Å². The number of amides is 1. The van der Waals surface area contributed by atoms with Crippen molar-refractivity contribution < 1.29 is 19.2 Å². The number of carbonyl (C=O) groups excluding carboxylic acids is 2. The Balaban J connectivity index is 1.94.